The summed E-state index contributed by atoms with van der Waals surface area (Å²) in [6.45, 7) is 5.76. The minimum Gasteiger partial charge on any atom is -0.316 e. The van der Waals surface area contributed by atoms with Crippen molar-refractivity contribution in [2.45, 2.75) is 31.2 Å². The first-order valence-corrected chi connectivity index (χ1v) is 7.12. The minimum absolute atomic E-state index is 0.0522. The second-order valence-electron chi connectivity index (χ2n) is 5.06. The number of aromatic nitrogens is 2. The highest BCUT2D eigenvalue weighted by Crippen LogP contribution is 2.26. The van der Waals surface area contributed by atoms with Gasteiger partial charge in [-0.3, -0.25) is 5.10 Å². The summed E-state index contributed by atoms with van der Waals surface area (Å²) in [6.07, 6.45) is 3.50. The average Bonchev–Trinajstić information content (AvgIpc) is 2.74. The van der Waals surface area contributed by atoms with E-state index in [1.807, 2.05) is 0 Å². The molecule has 0 bridgehead atoms. The van der Waals surface area contributed by atoms with E-state index >= 15 is 0 Å². The van der Waals surface area contributed by atoms with Crippen molar-refractivity contribution in [2.24, 2.45) is 5.41 Å². The molecule has 2 rings (SSSR count). The summed E-state index contributed by atoms with van der Waals surface area (Å²) in [5.74, 6) is 0. The van der Waals surface area contributed by atoms with Crippen molar-refractivity contribution >= 4 is 10.0 Å². The molecule has 0 amide bonds. The number of aromatic amines is 1. The van der Waals surface area contributed by atoms with Crippen LogP contribution in [0, 0.1) is 5.41 Å². The first-order valence-electron chi connectivity index (χ1n) is 5.64. The Morgan fingerprint density at radius 1 is 1.53 bits per heavy atom. The molecule has 1 aliphatic heterocycles. The Bertz CT molecular complexity index is 467. The zero-order valence-electron chi connectivity index (χ0n) is 10.0. The van der Waals surface area contributed by atoms with Crippen LogP contribution >= 0.6 is 0 Å². The van der Waals surface area contributed by atoms with Gasteiger partial charge in [-0.25, -0.2) is 13.1 Å². The maximum Gasteiger partial charge on any atom is 0.243 e. The monoisotopic (exact) mass is 258 g/mol. The number of H-pyrrole nitrogens is 1. The van der Waals surface area contributed by atoms with Gasteiger partial charge >= 0.3 is 0 Å². The Hall–Kier alpha value is -0.920. The van der Waals surface area contributed by atoms with Crippen LogP contribution in [0.25, 0.3) is 0 Å². The Morgan fingerprint density at radius 3 is 2.88 bits per heavy atom. The SMILES string of the molecule is CC1(C)CNCCC1NS(=O)(=O)c1cn[nH]c1. The van der Waals surface area contributed by atoms with Crippen LogP contribution < -0.4 is 10.0 Å². The lowest BCUT2D eigenvalue weighted by Gasteiger charge is -2.39. The number of piperidine rings is 1. The van der Waals surface area contributed by atoms with E-state index in [1.54, 1.807) is 0 Å². The molecule has 1 fully saturated rings. The molecule has 1 unspecified atom stereocenters. The molecule has 1 aromatic heterocycles. The molecule has 6 nitrogen and oxygen atoms in total. The van der Waals surface area contributed by atoms with E-state index in [1.165, 1.54) is 12.4 Å². The summed E-state index contributed by atoms with van der Waals surface area (Å²) in [5, 5.41) is 9.45. The van der Waals surface area contributed by atoms with Crippen molar-refractivity contribution < 1.29 is 8.42 Å². The molecule has 96 valence electrons. The molecule has 17 heavy (non-hydrogen) atoms. The zero-order valence-corrected chi connectivity index (χ0v) is 10.8. The van der Waals surface area contributed by atoms with Crippen molar-refractivity contribution in [3.8, 4) is 0 Å². The summed E-state index contributed by atoms with van der Waals surface area (Å²) in [7, 11) is -3.46. The van der Waals surface area contributed by atoms with Crippen LogP contribution in [0.1, 0.15) is 20.3 Å². The maximum atomic E-state index is 12.1. The second kappa shape index (κ2) is 4.40. The van der Waals surface area contributed by atoms with Crippen molar-refractivity contribution in [2.75, 3.05) is 13.1 Å². The number of nitrogens with zero attached hydrogens (tertiary/aromatic N) is 1. The number of nitrogens with one attached hydrogen (secondary N) is 3. The topological polar surface area (TPSA) is 86.9 Å². The third-order valence-electron chi connectivity index (χ3n) is 3.21. The fraction of sp³-hybridized carbons (Fsp3) is 0.700. The second-order valence-corrected chi connectivity index (χ2v) is 6.78. The van der Waals surface area contributed by atoms with Gasteiger partial charge in [0.2, 0.25) is 10.0 Å². The van der Waals surface area contributed by atoms with Crippen LogP contribution in [-0.4, -0.2) is 37.7 Å². The van der Waals surface area contributed by atoms with Crippen LogP contribution in [0.2, 0.25) is 0 Å². The fourth-order valence-corrected chi connectivity index (χ4v) is 3.38. The Labute approximate surface area is 101 Å². The summed E-state index contributed by atoms with van der Waals surface area (Å²) >= 11 is 0. The summed E-state index contributed by atoms with van der Waals surface area (Å²) < 4.78 is 26.9. The van der Waals surface area contributed by atoms with Crippen molar-refractivity contribution in [1.29, 1.82) is 0 Å². The molecule has 0 aromatic carbocycles. The molecule has 0 spiro atoms. The van der Waals surface area contributed by atoms with Crippen LogP contribution in [-0.2, 0) is 10.0 Å². The van der Waals surface area contributed by atoms with Gasteiger partial charge in [0.05, 0.1) is 6.20 Å². The third-order valence-corrected chi connectivity index (χ3v) is 4.65. The molecule has 1 saturated heterocycles. The lowest BCUT2D eigenvalue weighted by atomic mass is 9.81. The summed E-state index contributed by atoms with van der Waals surface area (Å²) in [6, 6.07) is -0.0522. The van der Waals surface area contributed by atoms with E-state index in [-0.39, 0.29) is 16.4 Å². The number of hydrogen-bond acceptors (Lipinski definition) is 4. The van der Waals surface area contributed by atoms with E-state index in [2.05, 4.69) is 34.1 Å². The Kier molecular flexibility index (Phi) is 3.24. The van der Waals surface area contributed by atoms with Crippen LogP contribution in [0.5, 0.6) is 0 Å². The highest BCUT2D eigenvalue weighted by Gasteiger charge is 2.35. The van der Waals surface area contributed by atoms with E-state index in [0.717, 1.165) is 19.5 Å². The highest BCUT2D eigenvalue weighted by atomic mass is 32.2. The predicted octanol–water partition coefficient (Wildman–Crippen LogP) is 0.0761. The maximum absolute atomic E-state index is 12.1. The van der Waals surface area contributed by atoms with E-state index in [0.29, 0.717) is 0 Å². The number of rotatable bonds is 3. The smallest absolute Gasteiger partial charge is 0.243 e. The third kappa shape index (κ3) is 2.67. The van der Waals surface area contributed by atoms with Gasteiger partial charge in [0.1, 0.15) is 4.90 Å². The number of hydrogen-bond donors (Lipinski definition) is 3. The molecule has 2 heterocycles. The first kappa shape index (κ1) is 12.5. The van der Waals surface area contributed by atoms with Gasteiger partial charge in [-0.2, -0.15) is 5.10 Å². The lowest BCUT2D eigenvalue weighted by Crippen LogP contribution is -2.54. The largest absolute Gasteiger partial charge is 0.316 e. The molecule has 3 N–H and O–H groups in total. The Balaban J connectivity index is 2.15. The van der Waals surface area contributed by atoms with Gasteiger partial charge in [-0.15, -0.1) is 0 Å². The standard InChI is InChI=1S/C10H18N4O2S/c1-10(2)7-11-4-3-9(10)14-17(15,16)8-5-12-13-6-8/h5-6,9,11,14H,3-4,7H2,1-2H3,(H,12,13). The molecule has 7 heteroatoms. The lowest BCUT2D eigenvalue weighted by molar-refractivity contribution is 0.206. The summed E-state index contributed by atoms with van der Waals surface area (Å²) in [4.78, 5) is 0.187. The molecule has 0 saturated carbocycles. The fourth-order valence-electron chi connectivity index (χ4n) is 2.03. The van der Waals surface area contributed by atoms with Crippen LogP contribution in [0.15, 0.2) is 17.3 Å². The average molecular weight is 258 g/mol. The van der Waals surface area contributed by atoms with E-state index in [4.69, 9.17) is 0 Å². The molecule has 0 radical (unpaired) electrons. The normalized spacial score (nSPS) is 24.7. The first-order chi connectivity index (χ1) is 7.92. The van der Waals surface area contributed by atoms with Crippen LogP contribution in [0.3, 0.4) is 0 Å². The quantitative estimate of drug-likeness (QED) is 0.716. The van der Waals surface area contributed by atoms with Crippen molar-refractivity contribution in [3.05, 3.63) is 12.4 Å². The van der Waals surface area contributed by atoms with Crippen LogP contribution in [0.4, 0.5) is 0 Å². The predicted molar refractivity (Wildman–Crippen MR) is 64.0 cm³/mol. The Morgan fingerprint density at radius 2 is 2.29 bits per heavy atom. The molecular weight excluding hydrogens is 240 g/mol. The minimum atomic E-state index is -3.46. The van der Waals surface area contributed by atoms with Crippen molar-refractivity contribution in [1.82, 2.24) is 20.2 Å². The van der Waals surface area contributed by atoms with Gasteiger partial charge in [-0.05, 0) is 18.4 Å². The summed E-state index contributed by atoms with van der Waals surface area (Å²) in [5.41, 5.74) is -0.0882. The van der Waals surface area contributed by atoms with Gasteiger partial charge < -0.3 is 5.32 Å². The molecular formula is C10H18N4O2S. The van der Waals surface area contributed by atoms with Gasteiger partial charge in [0.15, 0.2) is 0 Å². The zero-order chi connectivity index (χ0) is 12.5. The highest BCUT2D eigenvalue weighted by molar-refractivity contribution is 7.89. The van der Waals surface area contributed by atoms with Crippen molar-refractivity contribution in [3.63, 3.8) is 0 Å². The molecule has 0 aliphatic carbocycles. The van der Waals surface area contributed by atoms with Gasteiger partial charge in [0, 0.05) is 18.8 Å². The molecule has 1 aliphatic rings. The molecule has 1 aromatic rings. The number of sulfonamides is 1. The van der Waals surface area contributed by atoms with E-state index < -0.39 is 10.0 Å². The van der Waals surface area contributed by atoms with Gasteiger partial charge in [-0.1, -0.05) is 13.8 Å². The van der Waals surface area contributed by atoms with E-state index in [9.17, 15) is 8.42 Å². The molecule has 1 atom stereocenters. The van der Waals surface area contributed by atoms with Gasteiger partial charge in [0.25, 0.3) is 0 Å².